The maximum absolute atomic E-state index is 12.6. The van der Waals surface area contributed by atoms with Gasteiger partial charge in [-0.3, -0.25) is 9.59 Å². The monoisotopic (exact) mass is 365 g/mol. The van der Waals surface area contributed by atoms with E-state index in [2.05, 4.69) is 0 Å². The quantitative estimate of drug-likeness (QED) is 0.530. The van der Waals surface area contributed by atoms with E-state index in [9.17, 15) is 14.7 Å². The molecular weight excluding hydrogens is 338 g/mol. The van der Waals surface area contributed by atoms with Crippen LogP contribution in [0.3, 0.4) is 0 Å². The number of carbonyl (C=O) groups is 2. The summed E-state index contributed by atoms with van der Waals surface area (Å²) in [5.41, 5.74) is 0.679. The largest absolute Gasteiger partial charge is 0.497 e. The third-order valence-corrected chi connectivity index (χ3v) is 3.74. The van der Waals surface area contributed by atoms with Gasteiger partial charge < -0.3 is 24.2 Å². The lowest BCUT2D eigenvalue weighted by molar-refractivity contribution is -0.146. The lowest BCUT2D eigenvalue weighted by Gasteiger charge is -2.25. The van der Waals surface area contributed by atoms with Crippen LogP contribution in [-0.4, -0.2) is 62.4 Å². The Morgan fingerprint density at radius 3 is 2.38 bits per heavy atom. The van der Waals surface area contributed by atoms with E-state index < -0.39 is 18.0 Å². The number of nitrogens with zero attached hydrogens (tertiary/aromatic N) is 1. The third kappa shape index (κ3) is 6.40. The second kappa shape index (κ2) is 10.5. The Morgan fingerprint density at radius 1 is 1.15 bits per heavy atom. The number of amides is 1. The first kappa shape index (κ1) is 21.5. The van der Waals surface area contributed by atoms with Crippen LogP contribution in [-0.2, 0) is 14.3 Å². The van der Waals surface area contributed by atoms with Crippen molar-refractivity contribution in [1.29, 1.82) is 0 Å². The van der Waals surface area contributed by atoms with Crippen LogP contribution in [0.15, 0.2) is 24.3 Å². The molecule has 0 aliphatic heterocycles. The molecule has 0 saturated heterocycles. The van der Waals surface area contributed by atoms with Gasteiger partial charge in [0.15, 0.2) is 0 Å². The Hall–Kier alpha value is -2.54. The molecule has 26 heavy (non-hydrogen) atoms. The molecular formula is C19H27NO6. The van der Waals surface area contributed by atoms with Crippen LogP contribution in [0.4, 0.5) is 0 Å². The van der Waals surface area contributed by atoms with Crippen molar-refractivity contribution in [1.82, 2.24) is 4.90 Å². The number of benzene rings is 1. The summed E-state index contributed by atoms with van der Waals surface area (Å²) in [6, 6.07) is 5.25. The average Bonchev–Trinajstić information content (AvgIpc) is 2.63. The number of hydrogen-bond donors (Lipinski definition) is 1. The van der Waals surface area contributed by atoms with Gasteiger partial charge in [0.05, 0.1) is 33.4 Å². The lowest BCUT2D eigenvalue weighted by atomic mass is 10.1. The summed E-state index contributed by atoms with van der Waals surface area (Å²) in [6.45, 7) is 3.51. The van der Waals surface area contributed by atoms with Gasteiger partial charge >= 0.3 is 5.97 Å². The van der Waals surface area contributed by atoms with Crippen LogP contribution in [0.2, 0.25) is 0 Å². The molecule has 0 spiro atoms. The molecule has 0 aliphatic rings. The summed E-state index contributed by atoms with van der Waals surface area (Å²) in [5.74, 6) is -0.00118. The summed E-state index contributed by atoms with van der Waals surface area (Å²) >= 11 is 0. The normalized spacial score (nSPS) is 13.2. The molecule has 7 heteroatoms. The average molecular weight is 365 g/mol. The first-order chi connectivity index (χ1) is 12.3. The second-order valence-electron chi connectivity index (χ2n) is 5.96. The molecule has 0 saturated carbocycles. The molecule has 144 valence electrons. The first-order valence-corrected chi connectivity index (χ1v) is 8.27. The zero-order valence-corrected chi connectivity index (χ0v) is 15.9. The number of aliphatic hydroxyl groups excluding tert-OH is 1. The van der Waals surface area contributed by atoms with Gasteiger partial charge in [-0.05, 0) is 31.2 Å². The van der Waals surface area contributed by atoms with E-state index in [1.165, 1.54) is 18.1 Å². The smallest absolute Gasteiger partial charge is 0.310 e. The molecule has 1 rings (SSSR count). The Balaban J connectivity index is 2.98. The molecule has 0 aliphatic carbocycles. The van der Waals surface area contributed by atoms with Crippen molar-refractivity contribution >= 4 is 18.0 Å². The number of rotatable bonds is 9. The zero-order valence-electron chi connectivity index (χ0n) is 15.9. The highest BCUT2D eigenvalue weighted by molar-refractivity contribution is 5.92. The fraction of sp³-hybridized carbons (Fsp3) is 0.474. The van der Waals surface area contributed by atoms with Crippen molar-refractivity contribution in [2.75, 3.05) is 34.4 Å². The SMILES string of the molecule is COC(=O)C(C)CN(CC(C)O)C(=O)/C=C/c1cc(OC)ccc1OC. The van der Waals surface area contributed by atoms with Crippen LogP contribution in [0, 0.1) is 5.92 Å². The number of methoxy groups -OCH3 is 3. The highest BCUT2D eigenvalue weighted by Gasteiger charge is 2.21. The standard InChI is InChI=1S/C19H27NO6/c1-13(19(23)26-5)11-20(12-14(2)21)18(22)9-6-15-10-16(24-3)7-8-17(15)25-4/h6-10,13-14,21H,11-12H2,1-5H3/b9-6+. The molecule has 2 unspecified atom stereocenters. The highest BCUT2D eigenvalue weighted by atomic mass is 16.5. The Morgan fingerprint density at radius 2 is 1.85 bits per heavy atom. The van der Waals surface area contributed by atoms with Crippen LogP contribution < -0.4 is 9.47 Å². The van der Waals surface area contributed by atoms with E-state index in [0.29, 0.717) is 17.1 Å². The number of aliphatic hydroxyl groups is 1. The summed E-state index contributed by atoms with van der Waals surface area (Å²) in [4.78, 5) is 25.6. The van der Waals surface area contributed by atoms with Crippen LogP contribution >= 0.6 is 0 Å². The van der Waals surface area contributed by atoms with Crippen LogP contribution in [0.5, 0.6) is 11.5 Å². The van der Waals surface area contributed by atoms with E-state index in [-0.39, 0.29) is 19.0 Å². The molecule has 2 atom stereocenters. The minimum atomic E-state index is -0.719. The molecule has 0 bridgehead atoms. The Bertz CT molecular complexity index is 641. The molecule has 1 aromatic rings. The number of carbonyl (C=O) groups excluding carboxylic acids is 2. The molecule has 1 aromatic carbocycles. The Kier molecular flexibility index (Phi) is 8.64. The predicted molar refractivity (Wildman–Crippen MR) is 98.0 cm³/mol. The third-order valence-electron chi connectivity index (χ3n) is 3.74. The van der Waals surface area contributed by atoms with E-state index >= 15 is 0 Å². The number of hydrogen-bond acceptors (Lipinski definition) is 6. The molecule has 1 amide bonds. The maximum atomic E-state index is 12.6. The first-order valence-electron chi connectivity index (χ1n) is 8.27. The molecule has 0 heterocycles. The highest BCUT2D eigenvalue weighted by Crippen LogP contribution is 2.25. The Labute approximate surface area is 154 Å². The topological polar surface area (TPSA) is 85.3 Å². The van der Waals surface area contributed by atoms with Crippen LogP contribution in [0.25, 0.3) is 6.08 Å². The molecule has 7 nitrogen and oxygen atoms in total. The minimum absolute atomic E-state index is 0.111. The predicted octanol–water partition coefficient (Wildman–Crippen LogP) is 1.74. The fourth-order valence-corrected chi connectivity index (χ4v) is 2.42. The minimum Gasteiger partial charge on any atom is -0.497 e. The van der Waals surface area contributed by atoms with Crippen molar-refractivity contribution in [3.05, 3.63) is 29.8 Å². The van der Waals surface area contributed by atoms with Gasteiger partial charge in [0.25, 0.3) is 0 Å². The van der Waals surface area contributed by atoms with Gasteiger partial charge in [-0.1, -0.05) is 6.92 Å². The maximum Gasteiger partial charge on any atom is 0.310 e. The summed E-state index contributed by atoms with van der Waals surface area (Å²) in [7, 11) is 4.40. The molecule has 0 radical (unpaired) electrons. The van der Waals surface area contributed by atoms with Crippen molar-refractivity contribution in [3.8, 4) is 11.5 Å². The summed E-state index contributed by atoms with van der Waals surface area (Å²) in [5, 5.41) is 9.65. The van der Waals surface area contributed by atoms with Gasteiger partial charge in [-0.2, -0.15) is 0 Å². The van der Waals surface area contributed by atoms with E-state index in [0.717, 1.165) is 0 Å². The van der Waals surface area contributed by atoms with E-state index in [1.807, 2.05) is 0 Å². The summed E-state index contributed by atoms with van der Waals surface area (Å²) in [6.07, 6.45) is 2.27. The van der Waals surface area contributed by atoms with Crippen LogP contribution in [0.1, 0.15) is 19.4 Å². The molecule has 1 N–H and O–H groups in total. The molecule has 0 aromatic heterocycles. The van der Waals surface area contributed by atoms with Crippen molar-refractivity contribution in [2.24, 2.45) is 5.92 Å². The fourth-order valence-electron chi connectivity index (χ4n) is 2.42. The van der Waals surface area contributed by atoms with Gasteiger partial charge in [0, 0.05) is 24.7 Å². The van der Waals surface area contributed by atoms with Gasteiger partial charge in [-0.25, -0.2) is 0 Å². The lowest BCUT2D eigenvalue weighted by Crippen LogP contribution is -2.40. The van der Waals surface area contributed by atoms with E-state index in [1.54, 1.807) is 52.3 Å². The second-order valence-corrected chi connectivity index (χ2v) is 5.96. The zero-order chi connectivity index (χ0) is 19.7. The van der Waals surface area contributed by atoms with Gasteiger partial charge in [0.1, 0.15) is 11.5 Å². The number of ether oxygens (including phenoxy) is 3. The number of esters is 1. The van der Waals surface area contributed by atoms with Crippen molar-refractivity contribution in [3.63, 3.8) is 0 Å². The van der Waals surface area contributed by atoms with Crippen molar-refractivity contribution < 1.29 is 28.9 Å². The van der Waals surface area contributed by atoms with Gasteiger partial charge in [-0.15, -0.1) is 0 Å². The van der Waals surface area contributed by atoms with Crippen molar-refractivity contribution in [2.45, 2.75) is 20.0 Å². The van der Waals surface area contributed by atoms with Gasteiger partial charge in [0.2, 0.25) is 5.91 Å². The summed E-state index contributed by atoms with van der Waals surface area (Å²) < 4.78 is 15.2. The van der Waals surface area contributed by atoms with E-state index in [4.69, 9.17) is 14.2 Å². The molecule has 0 fully saturated rings.